The van der Waals surface area contributed by atoms with Crippen molar-refractivity contribution in [2.24, 2.45) is 23.2 Å². The zero-order valence-corrected chi connectivity index (χ0v) is 12.0. The van der Waals surface area contributed by atoms with Crippen LogP contribution in [-0.2, 0) is 4.79 Å². The van der Waals surface area contributed by atoms with Crippen LogP contribution in [0.2, 0.25) is 0 Å². The Hall–Kier alpha value is -0.570. The summed E-state index contributed by atoms with van der Waals surface area (Å²) in [4.78, 5) is 11.5. The van der Waals surface area contributed by atoms with Crippen molar-refractivity contribution in [2.75, 3.05) is 13.1 Å². The minimum atomic E-state index is 0.175. The molecule has 5 aliphatic rings. The van der Waals surface area contributed by atoms with Gasteiger partial charge in [0.1, 0.15) is 0 Å². The Morgan fingerprint density at radius 2 is 1.68 bits per heavy atom. The van der Waals surface area contributed by atoms with Crippen molar-refractivity contribution in [3.05, 3.63) is 0 Å². The van der Waals surface area contributed by atoms with Crippen molar-refractivity contribution in [1.82, 2.24) is 10.6 Å². The summed E-state index contributed by atoms with van der Waals surface area (Å²) in [6.45, 7) is 3.69. The summed E-state index contributed by atoms with van der Waals surface area (Å²) in [6, 6.07) is 0. The van der Waals surface area contributed by atoms with Gasteiger partial charge in [-0.1, -0.05) is 6.92 Å². The molecule has 1 amide bonds. The molecule has 4 bridgehead atoms. The second-order valence-corrected chi connectivity index (χ2v) is 7.76. The van der Waals surface area contributed by atoms with E-state index in [1.165, 1.54) is 38.5 Å². The van der Waals surface area contributed by atoms with E-state index >= 15 is 0 Å². The number of nitrogens with one attached hydrogen (secondary N) is 2. The first kappa shape index (κ1) is 12.2. The molecule has 2 N–H and O–H groups in total. The number of piperazine rings is 1. The van der Waals surface area contributed by atoms with Crippen LogP contribution in [0.5, 0.6) is 0 Å². The molecule has 3 nitrogen and oxygen atoms in total. The van der Waals surface area contributed by atoms with E-state index in [0.29, 0.717) is 12.0 Å². The van der Waals surface area contributed by atoms with E-state index in [1.54, 1.807) is 0 Å². The lowest BCUT2D eigenvalue weighted by Crippen LogP contribution is -2.71. The zero-order chi connectivity index (χ0) is 13.1. The average molecular weight is 262 g/mol. The van der Waals surface area contributed by atoms with E-state index in [2.05, 4.69) is 17.6 Å². The zero-order valence-electron chi connectivity index (χ0n) is 12.0. The number of hydrogen-bond donors (Lipinski definition) is 2. The molecule has 1 heterocycles. The van der Waals surface area contributed by atoms with Gasteiger partial charge >= 0.3 is 0 Å². The summed E-state index contributed by atoms with van der Waals surface area (Å²) in [5, 5.41) is 6.82. The summed E-state index contributed by atoms with van der Waals surface area (Å²) < 4.78 is 0. The van der Waals surface area contributed by atoms with Crippen molar-refractivity contribution in [3.63, 3.8) is 0 Å². The van der Waals surface area contributed by atoms with Gasteiger partial charge in [-0.3, -0.25) is 4.79 Å². The third-order valence-corrected chi connectivity index (χ3v) is 6.83. The second kappa shape index (κ2) is 3.97. The molecule has 1 saturated heterocycles. The molecule has 3 heteroatoms. The maximum absolute atomic E-state index is 11.5. The molecule has 5 rings (SSSR count). The fraction of sp³-hybridized carbons (Fsp3) is 0.938. The quantitative estimate of drug-likeness (QED) is 0.800. The second-order valence-electron chi connectivity index (χ2n) is 7.76. The summed E-state index contributed by atoms with van der Waals surface area (Å²) >= 11 is 0. The van der Waals surface area contributed by atoms with E-state index in [4.69, 9.17) is 0 Å². The third-order valence-electron chi connectivity index (χ3n) is 6.83. The average Bonchev–Trinajstić information content (AvgIpc) is 2.38. The molecule has 0 radical (unpaired) electrons. The first-order valence-corrected chi connectivity index (χ1v) is 8.16. The van der Waals surface area contributed by atoms with Crippen LogP contribution in [0.25, 0.3) is 0 Å². The Morgan fingerprint density at radius 3 is 2.11 bits per heavy atom. The molecule has 0 aromatic heterocycles. The smallest absolute Gasteiger partial charge is 0.234 e. The molecule has 1 atom stereocenters. The SMILES string of the molecule is CCC1(C23CC4CC(CC(C4)C2)C3)CNC(=O)CN1. The van der Waals surface area contributed by atoms with Gasteiger partial charge in [-0.05, 0) is 68.1 Å². The highest BCUT2D eigenvalue weighted by Crippen LogP contribution is 2.64. The summed E-state index contributed by atoms with van der Waals surface area (Å²) in [7, 11) is 0. The molecule has 19 heavy (non-hydrogen) atoms. The minimum Gasteiger partial charge on any atom is -0.353 e. The molecule has 4 aliphatic carbocycles. The summed E-state index contributed by atoms with van der Waals surface area (Å²) in [5.41, 5.74) is 0.654. The van der Waals surface area contributed by atoms with E-state index in [-0.39, 0.29) is 11.4 Å². The molecule has 1 aliphatic heterocycles. The molecule has 106 valence electrons. The van der Waals surface area contributed by atoms with Gasteiger partial charge in [0.25, 0.3) is 0 Å². The predicted octanol–water partition coefficient (Wildman–Crippen LogP) is 2.07. The van der Waals surface area contributed by atoms with Crippen molar-refractivity contribution >= 4 is 5.91 Å². The first-order chi connectivity index (χ1) is 9.15. The van der Waals surface area contributed by atoms with Gasteiger partial charge in [0.2, 0.25) is 5.91 Å². The molecular weight excluding hydrogens is 236 g/mol. The lowest BCUT2D eigenvalue weighted by atomic mass is 9.44. The van der Waals surface area contributed by atoms with Crippen molar-refractivity contribution in [3.8, 4) is 0 Å². The molecule has 0 aromatic rings. The lowest BCUT2D eigenvalue weighted by Gasteiger charge is -2.64. The van der Waals surface area contributed by atoms with Crippen LogP contribution in [0.3, 0.4) is 0 Å². The molecule has 1 unspecified atom stereocenters. The van der Waals surface area contributed by atoms with E-state index < -0.39 is 0 Å². The maximum Gasteiger partial charge on any atom is 0.234 e. The van der Waals surface area contributed by atoms with E-state index in [0.717, 1.165) is 30.7 Å². The summed E-state index contributed by atoms with van der Waals surface area (Å²) in [5.74, 6) is 3.12. The van der Waals surface area contributed by atoms with Gasteiger partial charge in [-0.15, -0.1) is 0 Å². The topological polar surface area (TPSA) is 41.1 Å². The number of carbonyl (C=O) groups excluding carboxylic acids is 1. The van der Waals surface area contributed by atoms with Crippen molar-refractivity contribution in [1.29, 1.82) is 0 Å². The van der Waals surface area contributed by atoms with Crippen LogP contribution in [-0.4, -0.2) is 24.5 Å². The van der Waals surface area contributed by atoms with Crippen LogP contribution in [0.4, 0.5) is 0 Å². The van der Waals surface area contributed by atoms with Gasteiger partial charge in [-0.2, -0.15) is 0 Å². The fourth-order valence-electron chi connectivity index (χ4n) is 6.32. The maximum atomic E-state index is 11.5. The number of rotatable bonds is 2. The van der Waals surface area contributed by atoms with Crippen LogP contribution in [0.15, 0.2) is 0 Å². The Morgan fingerprint density at radius 1 is 1.11 bits per heavy atom. The van der Waals surface area contributed by atoms with Crippen LogP contribution >= 0.6 is 0 Å². The van der Waals surface area contributed by atoms with E-state index in [1.807, 2.05) is 0 Å². The van der Waals surface area contributed by atoms with Crippen LogP contribution < -0.4 is 10.6 Å². The largest absolute Gasteiger partial charge is 0.353 e. The number of amides is 1. The number of hydrogen-bond acceptors (Lipinski definition) is 2. The molecule has 4 saturated carbocycles. The third kappa shape index (κ3) is 1.63. The standard InChI is InChI=1S/C16H26N2O/c1-2-16(10-17-14(19)9-18-16)15-6-11-3-12(7-15)5-13(4-11)8-15/h11-13,18H,2-10H2,1H3,(H,17,19). The van der Waals surface area contributed by atoms with Crippen molar-refractivity contribution < 1.29 is 4.79 Å². The fourth-order valence-corrected chi connectivity index (χ4v) is 6.32. The highest BCUT2D eigenvalue weighted by molar-refractivity contribution is 5.79. The normalized spacial score (nSPS) is 52.3. The number of carbonyl (C=O) groups is 1. The Balaban J connectivity index is 1.67. The Labute approximate surface area is 115 Å². The van der Waals surface area contributed by atoms with Gasteiger partial charge < -0.3 is 10.6 Å². The predicted molar refractivity (Wildman–Crippen MR) is 74.6 cm³/mol. The highest BCUT2D eigenvalue weighted by atomic mass is 16.2. The van der Waals surface area contributed by atoms with Gasteiger partial charge in [0, 0.05) is 12.1 Å². The first-order valence-electron chi connectivity index (χ1n) is 8.16. The molecule has 0 spiro atoms. The van der Waals surface area contributed by atoms with Crippen molar-refractivity contribution in [2.45, 2.75) is 57.4 Å². The molecule has 5 fully saturated rings. The Bertz CT molecular complexity index is 358. The van der Waals surface area contributed by atoms with Gasteiger partial charge in [0.15, 0.2) is 0 Å². The van der Waals surface area contributed by atoms with E-state index in [9.17, 15) is 4.79 Å². The highest BCUT2D eigenvalue weighted by Gasteiger charge is 2.60. The molecular formula is C16H26N2O. The monoisotopic (exact) mass is 262 g/mol. The summed E-state index contributed by atoms with van der Waals surface area (Å²) in [6.07, 6.45) is 9.86. The molecule has 0 aromatic carbocycles. The lowest BCUT2D eigenvalue weighted by molar-refractivity contribution is -0.134. The van der Waals surface area contributed by atoms with Crippen LogP contribution in [0, 0.1) is 23.2 Å². The van der Waals surface area contributed by atoms with Crippen LogP contribution in [0.1, 0.15) is 51.9 Å². The minimum absolute atomic E-state index is 0.175. The van der Waals surface area contributed by atoms with Gasteiger partial charge in [0.05, 0.1) is 6.54 Å². The Kier molecular flexibility index (Phi) is 2.55. The van der Waals surface area contributed by atoms with Gasteiger partial charge in [-0.25, -0.2) is 0 Å².